The van der Waals surface area contributed by atoms with Crippen molar-refractivity contribution in [3.05, 3.63) is 17.7 Å². The molecule has 0 amide bonds. The molecule has 1 aromatic carbocycles. The van der Waals surface area contributed by atoms with Gasteiger partial charge in [-0.15, -0.1) is 10.2 Å². The molecule has 1 aromatic heterocycles. The summed E-state index contributed by atoms with van der Waals surface area (Å²) in [6.45, 7) is 5.39. The number of aromatic nitrogens is 4. The summed E-state index contributed by atoms with van der Waals surface area (Å²) in [4.78, 5) is 2.35. The molecule has 1 saturated heterocycles. The van der Waals surface area contributed by atoms with Crippen molar-refractivity contribution in [3.63, 3.8) is 0 Å². The topological polar surface area (TPSA) is 150 Å². The van der Waals surface area contributed by atoms with Gasteiger partial charge in [-0.1, -0.05) is 0 Å². The Kier molecular flexibility index (Phi) is 6.28. The van der Waals surface area contributed by atoms with Crippen molar-refractivity contribution in [2.45, 2.75) is 37.6 Å². The van der Waals surface area contributed by atoms with Gasteiger partial charge in [0.15, 0.2) is 0 Å². The minimum absolute atomic E-state index is 0.168. The van der Waals surface area contributed by atoms with Crippen LogP contribution in [0.15, 0.2) is 17.0 Å². The maximum atomic E-state index is 12.8. The van der Waals surface area contributed by atoms with Crippen molar-refractivity contribution in [1.82, 2.24) is 25.3 Å². The number of tetrazole rings is 1. The molecule has 2 heterocycles. The third kappa shape index (κ3) is 4.17. The lowest BCUT2D eigenvalue weighted by Gasteiger charge is -2.34. The summed E-state index contributed by atoms with van der Waals surface area (Å²) in [7, 11) is -3.74. The van der Waals surface area contributed by atoms with E-state index in [-0.39, 0.29) is 24.1 Å². The Balaban J connectivity index is 2.04. The van der Waals surface area contributed by atoms with E-state index in [4.69, 9.17) is 5.73 Å². The van der Waals surface area contributed by atoms with Gasteiger partial charge in [0, 0.05) is 38.0 Å². The van der Waals surface area contributed by atoms with Crippen LogP contribution in [0.1, 0.15) is 25.3 Å². The normalized spacial score (nSPS) is 17.1. The Bertz CT molecular complexity index is 894. The first-order valence-corrected chi connectivity index (χ1v) is 10.8. The van der Waals surface area contributed by atoms with Crippen molar-refractivity contribution in [3.8, 4) is 11.4 Å². The van der Waals surface area contributed by atoms with Crippen LogP contribution in [-0.2, 0) is 10.0 Å². The van der Waals surface area contributed by atoms with Gasteiger partial charge in [-0.3, -0.25) is 0 Å². The first-order valence-electron chi connectivity index (χ1n) is 9.33. The molecule has 10 nitrogen and oxygen atoms in total. The molecule has 0 radical (unpaired) electrons. The second kappa shape index (κ2) is 8.52. The van der Waals surface area contributed by atoms with Crippen molar-refractivity contribution in [2.24, 2.45) is 11.7 Å². The molecule has 0 saturated carbocycles. The van der Waals surface area contributed by atoms with E-state index < -0.39 is 10.0 Å². The van der Waals surface area contributed by atoms with E-state index in [1.54, 1.807) is 26.0 Å². The second-order valence-electron chi connectivity index (χ2n) is 7.19. The van der Waals surface area contributed by atoms with Crippen LogP contribution < -0.4 is 15.4 Å². The van der Waals surface area contributed by atoms with Gasteiger partial charge in [0.05, 0.1) is 10.5 Å². The molecule has 1 atom stereocenters. The lowest BCUT2D eigenvalue weighted by atomic mass is 9.96. The number of benzene rings is 1. The largest absolute Gasteiger partial charge is 0.396 e. The van der Waals surface area contributed by atoms with Gasteiger partial charge in [-0.05, 0) is 55.5 Å². The number of anilines is 1. The summed E-state index contributed by atoms with van der Waals surface area (Å²) >= 11 is 0. The molecule has 1 fully saturated rings. The number of hydrogen-bond acceptors (Lipinski definition) is 8. The molecule has 2 aromatic rings. The van der Waals surface area contributed by atoms with Crippen LogP contribution >= 0.6 is 0 Å². The first kappa shape index (κ1) is 20.6. The number of hydrogen-bond donors (Lipinski definition) is 4. The van der Waals surface area contributed by atoms with E-state index in [0.29, 0.717) is 22.9 Å². The number of aliphatic hydroxyl groups is 1. The molecule has 28 heavy (non-hydrogen) atoms. The zero-order valence-corrected chi connectivity index (χ0v) is 16.9. The van der Waals surface area contributed by atoms with Crippen LogP contribution in [0.4, 0.5) is 5.69 Å². The fourth-order valence-electron chi connectivity index (χ4n) is 3.52. The zero-order chi connectivity index (χ0) is 20.3. The number of aromatic amines is 1. The van der Waals surface area contributed by atoms with Crippen LogP contribution in [0.25, 0.3) is 11.4 Å². The molecule has 1 aliphatic heterocycles. The quantitative estimate of drug-likeness (QED) is 0.499. The van der Waals surface area contributed by atoms with E-state index in [1.165, 1.54) is 0 Å². The number of nitrogens with two attached hydrogens (primary N) is 1. The Morgan fingerprint density at radius 1 is 1.39 bits per heavy atom. The molecule has 11 heteroatoms. The van der Waals surface area contributed by atoms with Crippen LogP contribution in [0.3, 0.4) is 0 Å². The lowest BCUT2D eigenvalue weighted by Crippen LogP contribution is -2.38. The number of nitrogens with zero attached hydrogens (tertiary/aromatic N) is 4. The van der Waals surface area contributed by atoms with Crippen LogP contribution in [0.5, 0.6) is 0 Å². The van der Waals surface area contributed by atoms with E-state index in [1.807, 2.05) is 0 Å². The Labute approximate surface area is 164 Å². The number of piperidine rings is 1. The van der Waals surface area contributed by atoms with Crippen molar-refractivity contribution in [2.75, 3.05) is 31.1 Å². The maximum absolute atomic E-state index is 12.8. The minimum Gasteiger partial charge on any atom is -0.396 e. The van der Waals surface area contributed by atoms with Gasteiger partial charge in [0.2, 0.25) is 15.8 Å². The molecule has 1 aliphatic rings. The summed E-state index contributed by atoms with van der Waals surface area (Å²) in [5.74, 6) is 0.647. The second-order valence-corrected chi connectivity index (χ2v) is 8.87. The van der Waals surface area contributed by atoms with Gasteiger partial charge in [0.25, 0.3) is 0 Å². The number of nitrogens with one attached hydrogen (secondary N) is 2. The monoisotopic (exact) mass is 409 g/mol. The predicted molar refractivity (Wildman–Crippen MR) is 105 cm³/mol. The number of H-pyrrole nitrogens is 1. The van der Waals surface area contributed by atoms with Gasteiger partial charge >= 0.3 is 0 Å². The third-order valence-corrected chi connectivity index (χ3v) is 6.91. The molecule has 0 unspecified atom stereocenters. The van der Waals surface area contributed by atoms with Crippen LogP contribution in [0, 0.1) is 12.8 Å². The molecule has 5 N–H and O–H groups in total. The van der Waals surface area contributed by atoms with E-state index in [0.717, 1.165) is 31.6 Å². The van der Waals surface area contributed by atoms with Gasteiger partial charge < -0.3 is 15.7 Å². The SMILES string of the molecule is Cc1c(S(=O)(=O)N[C@H](C)CN)ccc(N2CCC(CO)CC2)c1-c1nn[nH]n1. The zero-order valence-electron chi connectivity index (χ0n) is 16.1. The van der Waals surface area contributed by atoms with E-state index in [2.05, 4.69) is 30.2 Å². The van der Waals surface area contributed by atoms with Gasteiger partial charge in [0.1, 0.15) is 0 Å². The standard InChI is InChI=1S/C17H27N7O3S/c1-11(9-18)21-28(26,27)15-4-3-14(24-7-5-13(10-25)6-8-24)16(12(15)2)17-19-22-23-20-17/h3-4,11,13,21,25H,5-10,18H2,1-2H3,(H,19,20,22,23)/t11-/m1/s1. The summed E-state index contributed by atoms with van der Waals surface area (Å²) in [5, 5.41) is 23.6. The molecule has 0 bridgehead atoms. The molecular formula is C17H27N7O3S. The van der Waals surface area contributed by atoms with Crippen molar-refractivity contribution in [1.29, 1.82) is 0 Å². The van der Waals surface area contributed by atoms with Crippen LogP contribution in [0.2, 0.25) is 0 Å². The highest BCUT2D eigenvalue weighted by Crippen LogP contribution is 2.37. The molecule has 0 aliphatic carbocycles. The Morgan fingerprint density at radius 2 is 2.11 bits per heavy atom. The summed E-state index contributed by atoms with van der Waals surface area (Å²) < 4.78 is 28.3. The highest BCUT2D eigenvalue weighted by atomic mass is 32.2. The summed E-state index contributed by atoms with van der Waals surface area (Å²) in [6.07, 6.45) is 1.74. The van der Waals surface area contributed by atoms with Gasteiger partial charge in [-0.2, -0.15) is 5.21 Å². The smallest absolute Gasteiger partial charge is 0.241 e. The Hall–Kier alpha value is -2.08. The number of sulfonamides is 1. The fraction of sp³-hybridized carbons (Fsp3) is 0.588. The fourth-order valence-corrected chi connectivity index (χ4v) is 5.02. The molecule has 154 valence electrons. The Morgan fingerprint density at radius 3 is 2.68 bits per heavy atom. The van der Waals surface area contributed by atoms with Crippen molar-refractivity contribution >= 4 is 15.7 Å². The van der Waals surface area contributed by atoms with Crippen molar-refractivity contribution < 1.29 is 13.5 Å². The molecule has 3 rings (SSSR count). The predicted octanol–water partition coefficient (Wildman–Crippen LogP) is 0.00932. The third-order valence-electron chi connectivity index (χ3n) is 5.18. The first-order chi connectivity index (χ1) is 13.4. The molecular weight excluding hydrogens is 382 g/mol. The maximum Gasteiger partial charge on any atom is 0.241 e. The summed E-state index contributed by atoms with van der Waals surface area (Å²) in [6, 6.07) is 3.02. The number of rotatable bonds is 7. The van der Waals surface area contributed by atoms with E-state index in [9.17, 15) is 13.5 Å². The highest BCUT2D eigenvalue weighted by molar-refractivity contribution is 7.89. The highest BCUT2D eigenvalue weighted by Gasteiger charge is 2.27. The average Bonchev–Trinajstić information content (AvgIpc) is 3.21. The average molecular weight is 410 g/mol. The minimum atomic E-state index is -3.74. The van der Waals surface area contributed by atoms with Crippen LogP contribution in [-0.4, -0.2) is 66.4 Å². The lowest BCUT2D eigenvalue weighted by molar-refractivity contribution is 0.203. The summed E-state index contributed by atoms with van der Waals surface area (Å²) in [5.41, 5.74) is 7.62. The van der Waals surface area contributed by atoms with Gasteiger partial charge in [-0.25, -0.2) is 13.1 Å². The van der Waals surface area contributed by atoms with E-state index >= 15 is 0 Å². The number of aliphatic hydroxyl groups excluding tert-OH is 1. The molecule has 0 spiro atoms.